The molecule has 0 saturated carbocycles. The number of benzene rings is 1. The number of imidazole rings is 1. The van der Waals surface area contributed by atoms with Crippen LogP contribution in [0.2, 0.25) is 0 Å². The fourth-order valence-corrected chi connectivity index (χ4v) is 7.62. The van der Waals surface area contributed by atoms with Gasteiger partial charge in [-0.3, -0.25) is 29.4 Å². The molecule has 0 radical (unpaired) electrons. The average Bonchev–Trinajstić information content (AvgIpc) is 3.59. The smallest absolute Gasteiger partial charge is 0.433 e. The molecule has 0 bridgehead atoms. The highest BCUT2D eigenvalue weighted by atomic mass is 19.4. The maximum atomic E-state index is 13.3. The first-order chi connectivity index (χ1) is 26.8. The number of ether oxygens (including phenoxy) is 1. The number of halogens is 3. The van der Waals surface area contributed by atoms with E-state index in [0.717, 1.165) is 56.2 Å². The van der Waals surface area contributed by atoms with Gasteiger partial charge in [0.25, 0.3) is 5.91 Å². The molecule has 0 aliphatic carbocycles. The summed E-state index contributed by atoms with van der Waals surface area (Å²) in [6.45, 7) is 6.83. The minimum absolute atomic E-state index is 0.127. The molecular weight excluding hydrogens is 729 g/mol. The molecule has 1 unspecified atom stereocenters. The molecular formula is C40H45F3N8O5. The highest BCUT2D eigenvalue weighted by molar-refractivity contribution is 6.06. The third-order valence-electron chi connectivity index (χ3n) is 10.6. The van der Waals surface area contributed by atoms with E-state index in [1.54, 1.807) is 16.7 Å². The topological polar surface area (TPSA) is 150 Å². The van der Waals surface area contributed by atoms with Crippen molar-refractivity contribution in [3.8, 4) is 5.75 Å². The van der Waals surface area contributed by atoms with Crippen LogP contribution in [0.15, 0.2) is 60.9 Å². The summed E-state index contributed by atoms with van der Waals surface area (Å²) in [7, 11) is 0. The van der Waals surface area contributed by atoms with Crippen LogP contribution in [0, 0.1) is 0 Å². The molecule has 3 saturated heterocycles. The molecule has 1 aromatic carbocycles. The Balaban J connectivity index is 0.908. The van der Waals surface area contributed by atoms with Gasteiger partial charge in [0, 0.05) is 49.6 Å². The van der Waals surface area contributed by atoms with Crippen LogP contribution >= 0.6 is 0 Å². The lowest BCUT2D eigenvalue weighted by molar-refractivity contribution is -0.141. The lowest BCUT2D eigenvalue weighted by Gasteiger charge is -2.35. The molecule has 16 heteroatoms. The maximum absolute atomic E-state index is 13.3. The van der Waals surface area contributed by atoms with E-state index in [1.165, 1.54) is 17.7 Å². The summed E-state index contributed by atoms with van der Waals surface area (Å²) in [5.74, 6) is -0.568. The van der Waals surface area contributed by atoms with Crippen molar-refractivity contribution in [2.24, 2.45) is 0 Å². The van der Waals surface area contributed by atoms with Gasteiger partial charge >= 0.3 is 6.18 Å². The second-order valence-corrected chi connectivity index (χ2v) is 15.0. The van der Waals surface area contributed by atoms with Crippen LogP contribution in [-0.4, -0.2) is 92.7 Å². The molecule has 6 heterocycles. The van der Waals surface area contributed by atoms with Crippen molar-refractivity contribution in [3.63, 3.8) is 0 Å². The van der Waals surface area contributed by atoms with Crippen LogP contribution in [0.25, 0.3) is 5.65 Å². The van der Waals surface area contributed by atoms with Gasteiger partial charge in [0.15, 0.2) is 0 Å². The molecule has 3 N–H and O–H groups in total. The zero-order valence-electron chi connectivity index (χ0n) is 31.3. The number of rotatable bonds is 10. The minimum atomic E-state index is -4.65. The molecule has 3 aliphatic heterocycles. The first-order valence-corrected chi connectivity index (χ1v) is 19.0. The quantitative estimate of drug-likeness (QED) is 0.175. The van der Waals surface area contributed by atoms with Crippen molar-refractivity contribution in [2.75, 3.05) is 43.4 Å². The van der Waals surface area contributed by atoms with E-state index in [0.29, 0.717) is 44.0 Å². The largest absolute Gasteiger partial charge is 0.490 e. The molecule has 3 aromatic heterocycles. The maximum Gasteiger partial charge on any atom is 0.433 e. The number of nitrogens with zero attached hydrogens (tertiary/aromatic N) is 5. The van der Waals surface area contributed by atoms with Gasteiger partial charge in [-0.15, -0.1) is 0 Å². The van der Waals surface area contributed by atoms with E-state index in [4.69, 9.17) is 9.72 Å². The van der Waals surface area contributed by atoms with Gasteiger partial charge in [0.1, 0.15) is 29.0 Å². The van der Waals surface area contributed by atoms with Crippen LogP contribution in [0.4, 0.5) is 24.7 Å². The van der Waals surface area contributed by atoms with Crippen LogP contribution in [0.5, 0.6) is 5.75 Å². The number of imide groups is 1. The number of hydrogen-bond donors (Lipinski definition) is 3. The zero-order valence-corrected chi connectivity index (χ0v) is 31.3. The van der Waals surface area contributed by atoms with Gasteiger partial charge in [-0.2, -0.15) is 13.2 Å². The van der Waals surface area contributed by atoms with Crippen molar-refractivity contribution in [3.05, 3.63) is 83.4 Å². The normalized spacial score (nSPS) is 19.0. The molecule has 1 atom stereocenters. The summed E-state index contributed by atoms with van der Waals surface area (Å²) < 4.78 is 47.3. The summed E-state index contributed by atoms with van der Waals surface area (Å²) in [5, 5.41) is 8.05. The van der Waals surface area contributed by atoms with Crippen molar-refractivity contribution in [1.29, 1.82) is 0 Å². The molecule has 3 aliphatic rings. The van der Waals surface area contributed by atoms with E-state index in [9.17, 15) is 32.3 Å². The molecule has 4 aromatic rings. The number of fused-ring (bicyclic) bond motifs is 1. The third kappa shape index (κ3) is 9.12. The average molecular weight is 775 g/mol. The summed E-state index contributed by atoms with van der Waals surface area (Å²) in [6, 6.07) is 12.6. The lowest BCUT2D eigenvalue weighted by Crippen LogP contribution is -2.47. The predicted octanol–water partition coefficient (Wildman–Crippen LogP) is 5.59. The summed E-state index contributed by atoms with van der Waals surface area (Å²) in [6.07, 6.45) is 2.65. The number of pyridine rings is 2. The Hall–Kier alpha value is -5.51. The number of aromatic nitrogens is 3. The van der Waals surface area contributed by atoms with Crippen LogP contribution < -0.4 is 20.7 Å². The highest BCUT2D eigenvalue weighted by Crippen LogP contribution is 2.33. The number of carbonyl (C=O) groups excluding carboxylic acids is 4. The molecule has 56 heavy (non-hydrogen) atoms. The third-order valence-corrected chi connectivity index (χ3v) is 10.6. The molecule has 3 fully saturated rings. The number of hydrogen-bond acceptors (Lipinski definition) is 9. The Morgan fingerprint density at radius 1 is 0.929 bits per heavy atom. The molecule has 296 valence electrons. The van der Waals surface area contributed by atoms with E-state index in [-0.39, 0.29) is 46.9 Å². The molecule has 13 nitrogen and oxygen atoms in total. The number of nitrogens with one attached hydrogen (secondary N) is 3. The van der Waals surface area contributed by atoms with Gasteiger partial charge in [-0.25, -0.2) is 9.97 Å². The zero-order chi connectivity index (χ0) is 39.6. The lowest BCUT2D eigenvalue weighted by atomic mass is 9.89. The van der Waals surface area contributed by atoms with Crippen molar-refractivity contribution in [2.45, 2.75) is 82.5 Å². The first kappa shape index (κ1) is 38.8. The number of amides is 4. The first-order valence-electron chi connectivity index (χ1n) is 19.0. The Morgan fingerprint density at radius 3 is 2.32 bits per heavy atom. The van der Waals surface area contributed by atoms with Gasteiger partial charge in [-0.1, -0.05) is 18.2 Å². The van der Waals surface area contributed by atoms with Gasteiger partial charge in [0.05, 0.1) is 23.9 Å². The fraction of sp³-hybridized carbons (Fsp3) is 0.450. The number of piperidine rings is 3. The SMILES string of the molecule is CC(C)Oc1cc2nc(C3CCN(CC(=O)N4CCC(c5ccc(NC6CCC(=O)NC6=O)cc5)CC4)CC3)cn2cc1C(=O)Nc1cccc(C(F)(F)F)n1. The van der Waals surface area contributed by atoms with Crippen LogP contribution in [0.1, 0.15) is 91.5 Å². The second-order valence-electron chi connectivity index (χ2n) is 15.0. The second kappa shape index (κ2) is 16.3. The number of carbonyl (C=O) groups is 4. The van der Waals surface area contributed by atoms with Gasteiger partial charge in [-0.05, 0) is 94.8 Å². The molecule has 0 spiro atoms. The summed E-state index contributed by atoms with van der Waals surface area (Å²) in [4.78, 5) is 62.7. The van der Waals surface area contributed by atoms with Crippen LogP contribution in [0.3, 0.4) is 0 Å². The van der Waals surface area contributed by atoms with Crippen molar-refractivity contribution >= 4 is 40.8 Å². The number of alkyl halides is 3. The highest BCUT2D eigenvalue weighted by Gasteiger charge is 2.33. The molecule has 4 amide bonds. The molecule has 7 rings (SSSR count). The Labute approximate surface area is 322 Å². The monoisotopic (exact) mass is 774 g/mol. The van der Waals surface area contributed by atoms with E-state index in [1.807, 2.05) is 37.1 Å². The van der Waals surface area contributed by atoms with Crippen molar-refractivity contribution < 1.29 is 37.1 Å². The fourth-order valence-electron chi connectivity index (χ4n) is 7.62. The summed E-state index contributed by atoms with van der Waals surface area (Å²) >= 11 is 0. The summed E-state index contributed by atoms with van der Waals surface area (Å²) in [5.41, 5.74) is 2.48. The Kier molecular flexibility index (Phi) is 11.3. The number of likely N-dealkylation sites (tertiary alicyclic amines) is 2. The van der Waals surface area contributed by atoms with Crippen molar-refractivity contribution in [1.82, 2.24) is 29.5 Å². The Bertz CT molecular complexity index is 2090. The predicted molar refractivity (Wildman–Crippen MR) is 201 cm³/mol. The van der Waals surface area contributed by atoms with E-state index in [2.05, 4.69) is 38.0 Å². The minimum Gasteiger partial charge on any atom is -0.490 e. The van der Waals surface area contributed by atoms with Crippen LogP contribution in [-0.2, 0) is 20.6 Å². The van der Waals surface area contributed by atoms with E-state index >= 15 is 0 Å². The van der Waals surface area contributed by atoms with E-state index < -0.39 is 23.8 Å². The standard InChI is InChI=1S/C40H45F3N8O5/c1-24(2)56-32-20-35-45-31(22-51(35)21-29(32)38(54)47-34-5-3-4-33(46-34)40(41,42)43)27-12-16-49(17-13-27)23-37(53)50-18-14-26(15-19-50)25-6-8-28(9-7-25)44-30-10-11-36(52)48-39(30)55/h3-9,20-22,24,26-27,30,44H,10-19,23H2,1-2H3,(H,46,47,54)(H,48,52,55). The number of anilines is 2. The van der Waals surface area contributed by atoms with Gasteiger partial charge in [0.2, 0.25) is 17.7 Å². The van der Waals surface area contributed by atoms with Gasteiger partial charge < -0.3 is 24.7 Å². The Morgan fingerprint density at radius 2 is 1.64 bits per heavy atom.